The van der Waals surface area contributed by atoms with E-state index in [2.05, 4.69) is 0 Å². The number of nitrogens with zero attached hydrogens (tertiary/aromatic N) is 1. The number of imide groups is 1. The summed E-state index contributed by atoms with van der Waals surface area (Å²) in [6, 6.07) is 0.206. The van der Waals surface area contributed by atoms with Crippen molar-refractivity contribution < 1.29 is 9.59 Å². The average molecular weight is 223 g/mol. The maximum absolute atomic E-state index is 12.2. The van der Waals surface area contributed by atoms with Crippen molar-refractivity contribution in [2.24, 2.45) is 11.8 Å². The molecular formula is C13H21NO2. The molecule has 1 aliphatic carbocycles. The second-order valence-corrected chi connectivity index (χ2v) is 5.45. The highest BCUT2D eigenvalue weighted by atomic mass is 16.2. The summed E-state index contributed by atoms with van der Waals surface area (Å²) in [4.78, 5) is 25.7. The Kier molecular flexibility index (Phi) is 3.31. The van der Waals surface area contributed by atoms with Gasteiger partial charge in [0.1, 0.15) is 0 Å². The standard InChI is InChI=1S/C13H21NO2/c1-9(2)11-8-12(15)14(13(11)16)10-6-4-3-5-7-10/h9-11H,3-8H2,1-2H3. The number of rotatable bonds is 2. The summed E-state index contributed by atoms with van der Waals surface area (Å²) in [5, 5.41) is 0. The largest absolute Gasteiger partial charge is 0.279 e. The summed E-state index contributed by atoms with van der Waals surface area (Å²) in [5.41, 5.74) is 0. The number of likely N-dealkylation sites (tertiary alicyclic amines) is 1. The molecule has 3 heteroatoms. The lowest BCUT2D eigenvalue weighted by atomic mass is 9.93. The van der Waals surface area contributed by atoms with E-state index in [4.69, 9.17) is 0 Å². The monoisotopic (exact) mass is 223 g/mol. The zero-order chi connectivity index (χ0) is 11.7. The van der Waals surface area contributed by atoms with Gasteiger partial charge in [-0.3, -0.25) is 14.5 Å². The number of carbonyl (C=O) groups is 2. The first-order chi connectivity index (χ1) is 7.61. The van der Waals surface area contributed by atoms with Crippen molar-refractivity contribution in [3.63, 3.8) is 0 Å². The topological polar surface area (TPSA) is 37.4 Å². The van der Waals surface area contributed by atoms with E-state index in [1.807, 2.05) is 13.8 Å². The Morgan fingerprint density at radius 1 is 1.12 bits per heavy atom. The minimum absolute atomic E-state index is 0.0607. The van der Waals surface area contributed by atoms with E-state index >= 15 is 0 Å². The van der Waals surface area contributed by atoms with E-state index in [-0.39, 0.29) is 29.7 Å². The third kappa shape index (κ3) is 2.00. The molecule has 2 rings (SSSR count). The first kappa shape index (κ1) is 11.6. The third-order valence-corrected chi connectivity index (χ3v) is 3.96. The lowest BCUT2D eigenvalue weighted by molar-refractivity contribution is -0.143. The Labute approximate surface area is 97.2 Å². The first-order valence-corrected chi connectivity index (χ1v) is 6.47. The summed E-state index contributed by atoms with van der Waals surface area (Å²) < 4.78 is 0. The highest BCUT2D eigenvalue weighted by molar-refractivity contribution is 6.04. The normalized spacial score (nSPS) is 28.2. The van der Waals surface area contributed by atoms with Crippen LogP contribution in [0.4, 0.5) is 0 Å². The fraction of sp³-hybridized carbons (Fsp3) is 0.846. The zero-order valence-corrected chi connectivity index (χ0v) is 10.2. The van der Waals surface area contributed by atoms with Gasteiger partial charge >= 0.3 is 0 Å². The van der Waals surface area contributed by atoms with Crippen molar-refractivity contribution in [2.45, 2.75) is 58.4 Å². The van der Waals surface area contributed by atoms with Gasteiger partial charge in [-0.05, 0) is 18.8 Å². The second kappa shape index (κ2) is 4.56. The van der Waals surface area contributed by atoms with Gasteiger partial charge in [0.15, 0.2) is 0 Å². The predicted octanol–water partition coefficient (Wildman–Crippen LogP) is 2.35. The summed E-state index contributed by atoms with van der Waals surface area (Å²) in [6.45, 7) is 4.06. The summed E-state index contributed by atoms with van der Waals surface area (Å²) in [5.74, 6) is 0.377. The molecule has 0 N–H and O–H groups in total. The second-order valence-electron chi connectivity index (χ2n) is 5.45. The summed E-state index contributed by atoms with van der Waals surface area (Å²) in [7, 11) is 0. The van der Waals surface area contributed by atoms with Gasteiger partial charge in [0.05, 0.1) is 0 Å². The molecule has 2 amide bonds. The highest BCUT2D eigenvalue weighted by Gasteiger charge is 2.43. The minimum atomic E-state index is -0.0607. The number of hydrogen-bond acceptors (Lipinski definition) is 2. The van der Waals surface area contributed by atoms with Crippen LogP contribution in [-0.4, -0.2) is 22.8 Å². The fourth-order valence-corrected chi connectivity index (χ4v) is 2.92. The molecule has 16 heavy (non-hydrogen) atoms. The van der Waals surface area contributed by atoms with E-state index in [1.54, 1.807) is 4.90 Å². The van der Waals surface area contributed by atoms with Crippen LogP contribution >= 0.6 is 0 Å². The number of hydrogen-bond donors (Lipinski definition) is 0. The third-order valence-electron chi connectivity index (χ3n) is 3.96. The van der Waals surface area contributed by atoms with Crippen molar-refractivity contribution in [3.8, 4) is 0 Å². The molecule has 90 valence electrons. The number of carbonyl (C=O) groups excluding carboxylic acids is 2. The van der Waals surface area contributed by atoms with E-state index in [1.165, 1.54) is 6.42 Å². The Morgan fingerprint density at radius 3 is 2.25 bits per heavy atom. The first-order valence-electron chi connectivity index (χ1n) is 6.47. The molecule has 0 radical (unpaired) electrons. The van der Waals surface area contributed by atoms with Gasteiger partial charge in [0.25, 0.3) is 0 Å². The van der Waals surface area contributed by atoms with Crippen LogP contribution in [0.25, 0.3) is 0 Å². The van der Waals surface area contributed by atoms with Crippen LogP contribution in [0.15, 0.2) is 0 Å². The molecule has 3 nitrogen and oxygen atoms in total. The summed E-state index contributed by atoms with van der Waals surface area (Å²) in [6.07, 6.45) is 6.04. The molecule has 1 aliphatic heterocycles. The molecule has 0 bridgehead atoms. The van der Waals surface area contributed by atoms with Crippen molar-refractivity contribution in [3.05, 3.63) is 0 Å². The van der Waals surface area contributed by atoms with Crippen LogP contribution in [0.1, 0.15) is 52.4 Å². The molecule has 0 aromatic heterocycles. The van der Waals surface area contributed by atoms with Gasteiger partial charge in [0, 0.05) is 18.4 Å². The van der Waals surface area contributed by atoms with Crippen LogP contribution in [-0.2, 0) is 9.59 Å². The van der Waals surface area contributed by atoms with Gasteiger partial charge in [-0.2, -0.15) is 0 Å². The van der Waals surface area contributed by atoms with Crippen LogP contribution in [0.5, 0.6) is 0 Å². The molecule has 1 saturated heterocycles. The van der Waals surface area contributed by atoms with Gasteiger partial charge in [-0.15, -0.1) is 0 Å². The van der Waals surface area contributed by atoms with Gasteiger partial charge in [-0.25, -0.2) is 0 Å². The predicted molar refractivity (Wildman–Crippen MR) is 61.7 cm³/mol. The Balaban J connectivity index is 2.09. The van der Waals surface area contributed by atoms with E-state index < -0.39 is 0 Å². The molecule has 1 heterocycles. The molecule has 2 aliphatic rings. The smallest absolute Gasteiger partial charge is 0.233 e. The molecule has 2 fully saturated rings. The van der Waals surface area contributed by atoms with Gasteiger partial charge in [0.2, 0.25) is 11.8 Å². The fourth-order valence-electron chi connectivity index (χ4n) is 2.92. The Hall–Kier alpha value is -0.860. The van der Waals surface area contributed by atoms with Crippen LogP contribution in [0.3, 0.4) is 0 Å². The lowest BCUT2D eigenvalue weighted by Gasteiger charge is -2.30. The average Bonchev–Trinajstić information content (AvgIpc) is 2.56. The van der Waals surface area contributed by atoms with Crippen LogP contribution in [0.2, 0.25) is 0 Å². The van der Waals surface area contributed by atoms with Crippen molar-refractivity contribution in [1.82, 2.24) is 4.90 Å². The molecule has 0 spiro atoms. The van der Waals surface area contributed by atoms with Gasteiger partial charge < -0.3 is 0 Å². The Morgan fingerprint density at radius 2 is 1.75 bits per heavy atom. The lowest BCUT2D eigenvalue weighted by Crippen LogP contribution is -2.41. The highest BCUT2D eigenvalue weighted by Crippen LogP contribution is 2.32. The maximum atomic E-state index is 12.2. The Bertz CT molecular complexity index is 292. The van der Waals surface area contributed by atoms with E-state index in [0.717, 1.165) is 25.7 Å². The molecular weight excluding hydrogens is 202 g/mol. The van der Waals surface area contributed by atoms with Crippen molar-refractivity contribution >= 4 is 11.8 Å². The minimum Gasteiger partial charge on any atom is -0.279 e. The molecule has 1 saturated carbocycles. The quantitative estimate of drug-likeness (QED) is 0.674. The van der Waals surface area contributed by atoms with Crippen LogP contribution in [0, 0.1) is 11.8 Å². The zero-order valence-electron chi connectivity index (χ0n) is 10.2. The van der Waals surface area contributed by atoms with E-state index in [9.17, 15) is 9.59 Å². The van der Waals surface area contributed by atoms with Crippen molar-refractivity contribution in [2.75, 3.05) is 0 Å². The summed E-state index contributed by atoms with van der Waals surface area (Å²) >= 11 is 0. The van der Waals surface area contributed by atoms with Crippen molar-refractivity contribution in [1.29, 1.82) is 0 Å². The van der Waals surface area contributed by atoms with Crippen LogP contribution < -0.4 is 0 Å². The molecule has 0 aromatic rings. The SMILES string of the molecule is CC(C)C1CC(=O)N(C2CCCCC2)C1=O. The molecule has 0 aromatic carbocycles. The van der Waals surface area contributed by atoms with Gasteiger partial charge in [-0.1, -0.05) is 33.1 Å². The molecule has 1 unspecified atom stereocenters. The van der Waals surface area contributed by atoms with E-state index in [0.29, 0.717) is 6.42 Å². The maximum Gasteiger partial charge on any atom is 0.233 e. The molecule has 1 atom stereocenters. The number of amides is 2.